The van der Waals surface area contributed by atoms with Crippen LogP contribution in [0.5, 0.6) is 0 Å². The van der Waals surface area contributed by atoms with Crippen LogP contribution >= 0.6 is 15.9 Å². The number of benzene rings is 1. The van der Waals surface area contributed by atoms with Gasteiger partial charge in [-0.1, -0.05) is 12.1 Å². The maximum absolute atomic E-state index is 13.1. The summed E-state index contributed by atoms with van der Waals surface area (Å²) in [4.78, 5) is 19.4. The zero-order valence-corrected chi connectivity index (χ0v) is 19.5. The van der Waals surface area contributed by atoms with Gasteiger partial charge in [-0.25, -0.2) is 0 Å². The third-order valence-corrected chi connectivity index (χ3v) is 7.62. The van der Waals surface area contributed by atoms with Gasteiger partial charge in [-0.2, -0.15) is 0 Å². The van der Waals surface area contributed by atoms with E-state index in [4.69, 9.17) is 4.74 Å². The second kappa shape index (κ2) is 7.52. The average Bonchev–Trinajstić information content (AvgIpc) is 3.10. The second-order valence-corrected chi connectivity index (χ2v) is 9.80. The number of aryl methyl sites for hydroxylation is 1. The van der Waals surface area contributed by atoms with E-state index in [9.17, 15) is 9.90 Å². The molecule has 3 heterocycles. The van der Waals surface area contributed by atoms with Crippen molar-refractivity contribution in [1.82, 2.24) is 14.5 Å². The maximum atomic E-state index is 13.1. The van der Waals surface area contributed by atoms with Gasteiger partial charge in [0.25, 0.3) is 0 Å². The Morgan fingerprint density at radius 3 is 2.90 bits per heavy atom. The quantitative estimate of drug-likeness (QED) is 0.576. The van der Waals surface area contributed by atoms with Crippen molar-refractivity contribution in [2.24, 2.45) is 13.0 Å². The highest BCUT2D eigenvalue weighted by Crippen LogP contribution is 2.50. The van der Waals surface area contributed by atoms with Crippen LogP contribution in [-0.4, -0.2) is 58.2 Å². The normalized spacial score (nSPS) is 26.6. The minimum absolute atomic E-state index is 0.143. The maximum Gasteiger partial charge on any atom is 0.193 e. The van der Waals surface area contributed by atoms with Crippen LogP contribution in [0.25, 0.3) is 10.9 Å². The topological polar surface area (TPSA) is 67.6 Å². The van der Waals surface area contributed by atoms with Crippen LogP contribution in [-0.2, 0) is 23.8 Å². The molecule has 7 heteroatoms. The highest BCUT2D eigenvalue weighted by Gasteiger charge is 2.53. The van der Waals surface area contributed by atoms with Gasteiger partial charge in [0, 0.05) is 72.2 Å². The fraction of sp³-hybridized carbons (Fsp3) is 0.417. The number of likely N-dealkylation sites (tertiary alicyclic amines) is 1. The Hall–Kier alpha value is -2.06. The summed E-state index contributed by atoms with van der Waals surface area (Å²) in [5, 5.41) is 12.4. The number of Topliss-reactive ketones (excluding diaryl/α,β-unsaturated/α-hetero) is 1. The molecule has 31 heavy (non-hydrogen) atoms. The van der Waals surface area contributed by atoms with E-state index in [0.29, 0.717) is 18.5 Å². The Bertz CT molecular complexity index is 1180. The lowest BCUT2D eigenvalue weighted by molar-refractivity contribution is -0.136. The fourth-order valence-electron chi connectivity index (χ4n) is 5.78. The van der Waals surface area contributed by atoms with E-state index in [2.05, 4.69) is 68.9 Å². The minimum Gasteiger partial charge on any atom is -0.385 e. The number of aromatic nitrogens is 2. The van der Waals surface area contributed by atoms with Gasteiger partial charge in [0.2, 0.25) is 0 Å². The largest absolute Gasteiger partial charge is 0.385 e. The molecule has 1 aromatic carbocycles. The number of rotatable bonds is 4. The summed E-state index contributed by atoms with van der Waals surface area (Å²) in [5.74, 6) is -0.556. The second-order valence-electron chi connectivity index (χ2n) is 8.88. The van der Waals surface area contributed by atoms with Gasteiger partial charge in [0.05, 0.1) is 0 Å². The molecule has 0 saturated carbocycles. The molecule has 162 valence electrons. The molecule has 0 spiro atoms. The highest BCUT2D eigenvalue weighted by atomic mass is 79.9. The van der Waals surface area contributed by atoms with Crippen molar-refractivity contribution < 1.29 is 14.6 Å². The number of pyridine rings is 1. The number of aliphatic hydroxyl groups excluding tert-OH is 1. The van der Waals surface area contributed by atoms with E-state index < -0.39 is 11.7 Å². The third-order valence-electron chi connectivity index (χ3n) is 7.19. The number of likely N-dealkylation sites (N-methyl/N-ethyl adjacent to an activating group) is 1. The zero-order valence-electron chi connectivity index (χ0n) is 17.9. The first-order valence-electron chi connectivity index (χ1n) is 10.5. The van der Waals surface area contributed by atoms with Crippen molar-refractivity contribution in [2.45, 2.75) is 30.6 Å². The lowest BCUT2D eigenvalue weighted by Crippen LogP contribution is -2.61. The molecule has 1 N–H and O–H groups in total. The molecule has 1 saturated heterocycles. The smallest absolute Gasteiger partial charge is 0.193 e. The molecule has 0 amide bonds. The number of ether oxygens (including phenoxy) is 1. The van der Waals surface area contributed by atoms with E-state index in [1.54, 1.807) is 19.4 Å². The third kappa shape index (κ3) is 3.09. The molecule has 0 bridgehead atoms. The average molecular weight is 484 g/mol. The van der Waals surface area contributed by atoms with E-state index in [0.717, 1.165) is 16.5 Å². The Morgan fingerprint density at radius 1 is 1.35 bits per heavy atom. The number of nitrogens with zero attached hydrogens (tertiary/aromatic N) is 3. The molecule has 0 radical (unpaired) electrons. The summed E-state index contributed by atoms with van der Waals surface area (Å²) in [5.41, 5.74) is 3.49. The molecule has 1 unspecified atom stereocenters. The predicted molar refractivity (Wildman–Crippen MR) is 122 cm³/mol. The lowest BCUT2D eigenvalue weighted by atomic mass is 9.67. The number of ketones is 1. The Morgan fingerprint density at radius 2 is 2.16 bits per heavy atom. The van der Waals surface area contributed by atoms with E-state index in [1.807, 2.05) is 0 Å². The van der Waals surface area contributed by atoms with Crippen molar-refractivity contribution in [3.05, 3.63) is 64.0 Å². The van der Waals surface area contributed by atoms with Crippen molar-refractivity contribution in [3.63, 3.8) is 0 Å². The van der Waals surface area contributed by atoms with Crippen LogP contribution in [0.2, 0.25) is 0 Å². The van der Waals surface area contributed by atoms with E-state index in [1.165, 1.54) is 22.7 Å². The monoisotopic (exact) mass is 483 g/mol. The molecule has 2 aliphatic rings. The van der Waals surface area contributed by atoms with Gasteiger partial charge in [0.1, 0.15) is 11.7 Å². The van der Waals surface area contributed by atoms with Crippen LogP contribution in [0.3, 0.4) is 0 Å². The van der Waals surface area contributed by atoms with Gasteiger partial charge in [-0.3, -0.25) is 14.7 Å². The molecule has 4 atom stereocenters. The number of piperidine rings is 1. The number of carbonyl (C=O) groups is 1. The first kappa shape index (κ1) is 20.8. The molecule has 5 rings (SSSR count). The predicted octanol–water partition coefficient (Wildman–Crippen LogP) is 3.30. The Kier molecular flexibility index (Phi) is 5.05. The summed E-state index contributed by atoms with van der Waals surface area (Å²) in [6, 6.07) is 8.20. The van der Waals surface area contributed by atoms with Crippen molar-refractivity contribution >= 4 is 32.6 Å². The van der Waals surface area contributed by atoms with Crippen molar-refractivity contribution in [2.75, 3.05) is 20.7 Å². The number of fused-ring (bicyclic) bond motifs is 2. The highest BCUT2D eigenvalue weighted by molar-refractivity contribution is 9.10. The summed E-state index contributed by atoms with van der Waals surface area (Å²) >= 11 is 3.36. The standard InChI is InChI=1S/C24H26BrN3O3/c1-27-12-15-8-20-24(31-3,18-5-4-6-19(27)21(15)18)9-16(13-28(20)2)23(30)22(29)14-7-17(25)11-26-10-14/h4-7,10-12,16,20,23,30H,8-9,13H2,1-3H3/t16-,20-,23?,24+/m1/s1. The van der Waals surface area contributed by atoms with Crippen molar-refractivity contribution in [1.29, 1.82) is 0 Å². The molecule has 2 aromatic heterocycles. The van der Waals surface area contributed by atoms with Crippen LogP contribution in [0.15, 0.2) is 47.3 Å². The Labute approximate surface area is 190 Å². The van der Waals surface area contributed by atoms with Gasteiger partial charge >= 0.3 is 0 Å². The molecule has 1 fully saturated rings. The lowest BCUT2D eigenvalue weighted by Gasteiger charge is -2.53. The molecular weight excluding hydrogens is 458 g/mol. The number of halogens is 1. The minimum atomic E-state index is -1.12. The van der Waals surface area contributed by atoms with Gasteiger partial charge in [-0.15, -0.1) is 0 Å². The Balaban J connectivity index is 1.56. The van der Waals surface area contributed by atoms with Gasteiger partial charge in [-0.05, 0) is 59.1 Å². The number of methoxy groups -OCH3 is 1. The molecule has 1 aliphatic heterocycles. The zero-order chi connectivity index (χ0) is 21.9. The van der Waals surface area contributed by atoms with Crippen LogP contribution < -0.4 is 0 Å². The molecule has 6 nitrogen and oxygen atoms in total. The molecule has 1 aliphatic carbocycles. The summed E-state index contributed by atoms with van der Waals surface area (Å²) in [6.07, 6.45) is 5.69. The number of hydrogen-bond acceptors (Lipinski definition) is 5. The van der Waals surface area contributed by atoms with E-state index in [-0.39, 0.29) is 17.7 Å². The fourth-order valence-corrected chi connectivity index (χ4v) is 6.15. The SMILES string of the molecule is CO[C@]12C[C@@H](C(O)C(=O)c3cncc(Br)c3)CN(C)[C@@H]1Cc1cn(C)c3cccc2c13. The van der Waals surface area contributed by atoms with E-state index >= 15 is 0 Å². The molecular formula is C24H26BrN3O3. The van der Waals surface area contributed by atoms with Crippen LogP contribution in [0.1, 0.15) is 27.9 Å². The van der Waals surface area contributed by atoms with Crippen LogP contribution in [0.4, 0.5) is 0 Å². The van der Waals surface area contributed by atoms with Gasteiger partial charge < -0.3 is 14.4 Å². The number of hydrogen-bond donors (Lipinski definition) is 1. The molecule has 3 aromatic rings. The number of aliphatic hydroxyl groups is 1. The summed E-state index contributed by atoms with van der Waals surface area (Å²) in [7, 11) is 5.89. The number of carbonyl (C=O) groups excluding carboxylic acids is 1. The van der Waals surface area contributed by atoms with Crippen LogP contribution in [0, 0.1) is 5.92 Å². The summed E-state index contributed by atoms with van der Waals surface area (Å²) in [6.45, 7) is 0.627. The van der Waals surface area contributed by atoms with Crippen molar-refractivity contribution in [3.8, 4) is 0 Å². The summed E-state index contributed by atoms with van der Waals surface area (Å²) < 4.78 is 9.19. The first-order chi connectivity index (χ1) is 14.9. The van der Waals surface area contributed by atoms with Gasteiger partial charge in [0.15, 0.2) is 5.78 Å². The first-order valence-corrected chi connectivity index (χ1v) is 11.3.